The van der Waals surface area contributed by atoms with Crippen LogP contribution in [0.1, 0.15) is 27.2 Å². The van der Waals surface area contributed by atoms with Crippen LogP contribution in [0.25, 0.3) is 0 Å². The van der Waals surface area contributed by atoms with Crippen molar-refractivity contribution in [2.45, 2.75) is 27.2 Å². The summed E-state index contributed by atoms with van der Waals surface area (Å²) in [6, 6.07) is 0. The van der Waals surface area contributed by atoms with E-state index in [0.29, 0.717) is 6.42 Å². The Labute approximate surface area is 118 Å². The molecule has 5 nitrogen and oxygen atoms in total. The lowest BCUT2D eigenvalue weighted by Gasteiger charge is -2.30. The van der Waals surface area contributed by atoms with E-state index in [1.165, 1.54) is 7.11 Å². The molecule has 0 N–H and O–H groups in total. The molecule has 0 aromatic heterocycles. The lowest BCUT2D eigenvalue weighted by atomic mass is 9.71. The molecule has 1 unspecified atom stereocenters. The van der Waals surface area contributed by atoms with Crippen LogP contribution in [0.3, 0.4) is 0 Å². The fraction of sp³-hybridized carbons (Fsp3) is 0.667. The molecule has 0 spiro atoms. The third-order valence-corrected chi connectivity index (χ3v) is 4.75. The number of ketones is 1. The molecule has 20 heavy (non-hydrogen) atoms. The van der Waals surface area contributed by atoms with E-state index in [4.69, 9.17) is 9.47 Å². The quantitative estimate of drug-likeness (QED) is 0.445. The largest absolute Gasteiger partial charge is 0.469 e. The summed E-state index contributed by atoms with van der Waals surface area (Å²) in [5.41, 5.74) is -0.381. The lowest BCUT2D eigenvalue weighted by Crippen LogP contribution is -2.43. The Morgan fingerprint density at radius 2 is 2.10 bits per heavy atom. The van der Waals surface area contributed by atoms with Crippen LogP contribution in [-0.4, -0.2) is 31.4 Å². The van der Waals surface area contributed by atoms with Crippen LogP contribution in [0, 0.1) is 23.2 Å². The number of Topliss-reactive ketones (excluding diaryl/α,β-unsaturated/α-hetero) is 1. The maximum absolute atomic E-state index is 12.7. The van der Waals surface area contributed by atoms with Gasteiger partial charge in [0.2, 0.25) is 0 Å². The van der Waals surface area contributed by atoms with E-state index in [2.05, 4.69) is 0 Å². The van der Waals surface area contributed by atoms with Crippen molar-refractivity contribution in [1.82, 2.24) is 0 Å². The van der Waals surface area contributed by atoms with Gasteiger partial charge in [-0.1, -0.05) is 18.6 Å². The number of carbonyl (C=O) groups is 3. The number of fused-ring (bicyclic) bond motifs is 2. The monoisotopic (exact) mass is 280 g/mol. The van der Waals surface area contributed by atoms with E-state index >= 15 is 0 Å². The zero-order valence-electron chi connectivity index (χ0n) is 12.3. The highest BCUT2D eigenvalue weighted by molar-refractivity contribution is 6.11. The molecule has 4 atom stereocenters. The summed E-state index contributed by atoms with van der Waals surface area (Å²) in [4.78, 5) is 37.1. The number of rotatable bonds is 3. The second-order valence-corrected chi connectivity index (χ2v) is 5.52. The second-order valence-electron chi connectivity index (χ2n) is 5.52. The van der Waals surface area contributed by atoms with Gasteiger partial charge in [-0.3, -0.25) is 14.4 Å². The van der Waals surface area contributed by atoms with Crippen LogP contribution < -0.4 is 0 Å². The number of esters is 2. The summed E-state index contributed by atoms with van der Waals surface area (Å²) in [5, 5.41) is 0. The van der Waals surface area contributed by atoms with Crippen molar-refractivity contribution in [1.29, 1.82) is 0 Å². The molecule has 1 fully saturated rings. The predicted molar refractivity (Wildman–Crippen MR) is 70.6 cm³/mol. The van der Waals surface area contributed by atoms with E-state index in [1.807, 2.05) is 13.0 Å². The second kappa shape index (κ2) is 5.04. The number of hydrogen-bond donors (Lipinski definition) is 0. The molecule has 0 radical (unpaired) electrons. The first-order valence-corrected chi connectivity index (χ1v) is 6.87. The van der Waals surface area contributed by atoms with Gasteiger partial charge in [-0.05, 0) is 26.2 Å². The molecule has 0 amide bonds. The van der Waals surface area contributed by atoms with Crippen LogP contribution >= 0.6 is 0 Å². The fourth-order valence-electron chi connectivity index (χ4n) is 3.59. The van der Waals surface area contributed by atoms with Crippen molar-refractivity contribution in [2.24, 2.45) is 23.2 Å². The number of hydrogen-bond acceptors (Lipinski definition) is 5. The van der Waals surface area contributed by atoms with Crippen molar-refractivity contribution in [2.75, 3.05) is 13.7 Å². The maximum atomic E-state index is 12.7. The molecule has 2 aliphatic rings. The van der Waals surface area contributed by atoms with E-state index in [9.17, 15) is 14.4 Å². The SMILES string of the molecule is CCOC(=O)[C@]12CC=C(C)C(C1=O)[C@@H](C(=O)OC)[C@H]2C. The zero-order valence-corrected chi connectivity index (χ0v) is 12.3. The summed E-state index contributed by atoms with van der Waals surface area (Å²) in [6.07, 6.45) is 2.18. The molecule has 5 heteroatoms. The van der Waals surface area contributed by atoms with Crippen molar-refractivity contribution in [3.8, 4) is 0 Å². The van der Waals surface area contributed by atoms with Crippen LogP contribution in [0.2, 0.25) is 0 Å². The van der Waals surface area contributed by atoms with Gasteiger partial charge >= 0.3 is 11.9 Å². The highest BCUT2D eigenvalue weighted by Gasteiger charge is 2.66. The standard InChI is InChI=1S/C15H20O5/c1-5-20-14(18)15-7-6-8(2)10(12(15)16)11(9(15)3)13(17)19-4/h6,9-11H,5,7H2,1-4H3/t9-,10?,11+,15+/m1/s1. The van der Waals surface area contributed by atoms with E-state index in [0.717, 1.165) is 5.57 Å². The smallest absolute Gasteiger partial charge is 0.320 e. The molecule has 0 aromatic carbocycles. The van der Waals surface area contributed by atoms with Crippen LogP contribution in [0.5, 0.6) is 0 Å². The molecule has 110 valence electrons. The molecule has 2 aliphatic carbocycles. The average Bonchev–Trinajstić information content (AvgIpc) is 2.56. The molecule has 1 saturated carbocycles. The Kier molecular flexibility index (Phi) is 3.71. The van der Waals surface area contributed by atoms with Gasteiger partial charge in [0.25, 0.3) is 0 Å². The Hall–Kier alpha value is -1.65. The maximum Gasteiger partial charge on any atom is 0.320 e. The molecule has 2 bridgehead atoms. The predicted octanol–water partition coefficient (Wildman–Crippen LogP) is 1.51. The van der Waals surface area contributed by atoms with Gasteiger partial charge in [0.15, 0.2) is 5.78 Å². The summed E-state index contributed by atoms with van der Waals surface area (Å²) in [6.45, 7) is 5.52. The molecule has 0 saturated heterocycles. The van der Waals surface area contributed by atoms with Crippen molar-refractivity contribution >= 4 is 17.7 Å². The molecular formula is C15H20O5. The van der Waals surface area contributed by atoms with E-state index in [-0.39, 0.29) is 12.4 Å². The van der Waals surface area contributed by atoms with Gasteiger partial charge in [-0.2, -0.15) is 0 Å². The van der Waals surface area contributed by atoms with Gasteiger partial charge in [0, 0.05) is 0 Å². The Bertz CT molecular complexity index is 492. The third-order valence-electron chi connectivity index (χ3n) is 4.75. The van der Waals surface area contributed by atoms with Crippen molar-refractivity contribution < 1.29 is 23.9 Å². The van der Waals surface area contributed by atoms with Crippen LogP contribution in [0.4, 0.5) is 0 Å². The summed E-state index contributed by atoms with van der Waals surface area (Å²) >= 11 is 0. The summed E-state index contributed by atoms with van der Waals surface area (Å²) in [5.74, 6) is -2.72. The summed E-state index contributed by atoms with van der Waals surface area (Å²) in [7, 11) is 1.30. The molecular weight excluding hydrogens is 260 g/mol. The highest BCUT2D eigenvalue weighted by Crippen LogP contribution is 2.56. The molecule has 0 aliphatic heterocycles. The highest BCUT2D eigenvalue weighted by atomic mass is 16.5. The first-order valence-electron chi connectivity index (χ1n) is 6.87. The molecule has 0 aromatic rings. The Morgan fingerprint density at radius 3 is 2.65 bits per heavy atom. The average molecular weight is 280 g/mol. The minimum Gasteiger partial charge on any atom is -0.469 e. The van der Waals surface area contributed by atoms with Crippen molar-refractivity contribution in [3.05, 3.63) is 11.6 Å². The van der Waals surface area contributed by atoms with Crippen LogP contribution in [0.15, 0.2) is 11.6 Å². The van der Waals surface area contributed by atoms with E-state index < -0.39 is 35.1 Å². The van der Waals surface area contributed by atoms with Gasteiger partial charge in [-0.25, -0.2) is 0 Å². The minimum absolute atomic E-state index is 0.196. The third kappa shape index (κ3) is 1.72. The topological polar surface area (TPSA) is 69.7 Å². The number of ether oxygens (including phenoxy) is 2. The van der Waals surface area contributed by atoms with Gasteiger partial charge in [0.1, 0.15) is 5.41 Å². The number of carbonyl (C=O) groups excluding carboxylic acids is 3. The van der Waals surface area contributed by atoms with Crippen LogP contribution in [-0.2, 0) is 23.9 Å². The number of methoxy groups -OCH3 is 1. The van der Waals surface area contributed by atoms with Gasteiger partial charge in [-0.15, -0.1) is 0 Å². The lowest BCUT2D eigenvalue weighted by molar-refractivity contribution is -0.162. The molecule has 0 heterocycles. The number of allylic oxidation sites excluding steroid dienone is 2. The normalized spacial score (nSPS) is 35.5. The Balaban J connectivity index is 2.51. The first kappa shape index (κ1) is 14.8. The minimum atomic E-state index is -1.22. The van der Waals surface area contributed by atoms with Gasteiger partial charge < -0.3 is 9.47 Å². The van der Waals surface area contributed by atoms with Gasteiger partial charge in [0.05, 0.1) is 25.6 Å². The molecule has 2 rings (SSSR count). The first-order chi connectivity index (χ1) is 9.41. The van der Waals surface area contributed by atoms with Crippen molar-refractivity contribution in [3.63, 3.8) is 0 Å². The Morgan fingerprint density at radius 1 is 1.45 bits per heavy atom. The zero-order chi connectivity index (χ0) is 15.1. The fourth-order valence-corrected chi connectivity index (χ4v) is 3.59. The summed E-state index contributed by atoms with van der Waals surface area (Å²) < 4.78 is 9.92. The van der Waals surface area contributed by atoms with E-state index in [1.54, 1.807) is 13.8 Å².